The molecule has 0 spiro atoms. The first-order chi connectivity index (χ1) is 5.74. The van der Waals surface area contributed by atoms with E-state index in [1.165, 1.54) is 0 Å². The molecule has 1 aromatic heterocycles. The number of carbonyl (C=O) groups excluding carboxylic acids is 1. The first kappa shape index (κ1) is 8.71. The van der Waals surface area contributed by atoms with Gasteiger partial charge in [-0.05, 0) is 6.07 Å². The summed E-state index contributed by atoms with van der Waals surface area (Å²) in [7, 11) is 0. The molecule has 0 saturated heterocycles. The van der Waals surface area contributed by atoms with Gasteiger partial charge in [0.2, 0.25) is 0 Å². The first-order valence-corrected chi connectivity index (χ1v) is 4.03. The summed E-state index contributed by atoms with van der Waals surface area (Å²) in [5.41, 5.74) is 5.69. The van der Waals surface area contributed by atoms with E-state index >= 15 is 0 Å². The summed E-state index contributed by atoms with van der Waals surface area (Å²) in [4.78, 5) is 10.8. The zero-order valence-corrected chi connectivity index (χ0v) is 7.16. The molecule has 0 aromatic carbocycles. The highest BCUT2D eigenvalue weighted by molar-refractivity contribution is 5.92. The smallest absolute Gasteiger partial charge is 0.254 e. The Morgan fingerprint density at radius 1 is 1.67 bits per heavy atom. The van der Waals surface area contributed by atoms with Crippen molar-refractivity contribution in [2.24, 2.45) is 5.73 Å². The van der Waals surface area contributed by atoms with Crippen molar-refractivity contribution in [2.45, 2.75) is 19.9 Å². The van der Waals surface area contributed by atoms with Crippen molar-refractivity contribution in [3.8, 4) is 0 Å². The summed E-state index contributed by atoms with van der Waals surface area (Å²) >= 11 is 0. The highest BCUT2D eigenvalue weighted by atomic mass is 16.1. The third-order valence-corrected chi connectivity index (χ3v) is 1.62. The molecular formula is C9H13N2O+. The molecule has 64 valence electrons. The number of nitrogens with two attached hydrogens (primary N) is 1. The van der Waals surface area contributed by atoms with E-state index in [1.54, 1.807) is 12.3 Å². The molecule has 0 aliphatic carbocycles. The highest BCUT2D eigenvalue weighted by Crippen LogP contribution is 1.92. The predicted molar refractivity (Wildman–Crippen MR) is 45.4 cm³/mol. The second-order valence-electron chi connectivity index (χ2n) is 2.69. The third-order valence-electron chi connectivity index (χ3n) is 1.62. The second-order valence-corrected chi connectivity index (χ2v) is 2.69. The summed E-state index contributed by atoms with van der Waals surface area (Å²) in [6, 6.07) is 3.55. The molecular weight excluding hydrogens is 152 g/mol. The summed E-state index contributed by atoms with van der Waals surface area (Å²) < 4.78 is 1.96. The number of hydrogen-bond acceptors (Lipinski definition) is 1. The van der Waals surface area contributed by atoms with Crippen LogP contribution in [0.3, 0.4) is 0 Å². The van der Waals surface area contributed by atoms with Gasteiger partial charge < -0.3 is 5.73 Å². The molecule has 0 fully saturated rings. The van der Waals surface area contributed by atoms with E-state index in [0.717, 1.165) is 13.0 Å². The average molecular weight is 165 g/mol. The Morgan fingerprint density at radius 3 is 3.00 bits per heavy atom. The van der Waals surface area contributed by atoms with Gasteiger partial charge in [0.1, 0.15) is 12.1 Å². The van der Waals surface area contributed by atoms with Gasteiger partial charge in [-0.3, -0.25) is 4.79 Å². The lowest BCUT2D eigenvalue weighted by atomic mass is 10.3. The quantitative estimate of drug-likeness (QED) is 0.651. The molecule has 3 heteroatoms. The molecule has 3 nitrogen and oxygen atoms in total. The molecule has 0 atom stereocenters. The number of hydrogen-bond donors (Lipinski definition) is 1. The van der Waals surface area contributed by atoms with Gasteiger partial charge in [-0.1, -0.05) is 6.92 Å². The lowest BCUT2D eigenvalue weighted by Crippen LogP contribution is -2.34. The van der Waals surface area contributed by atoms with Gasteiger partial charge in [-0.15, -0.1) is 0 Å². The number of primary amides is 1. The largest absolute Gasteiger partial charge is 0.365 e. The number of pyridine rings is 1. The molecule has 12 heavy (non-hydrogen) atoms. The van der Waals surface area contributed by atoms with Crippen LogP contribution in [-0.4, -0.2) is 5.91 Å². The van der Waals surface area contributed by atoms with Crippen LogP contribution >= 0.6 is 0 Å². The molecule has 2 N–H and O–H groups in total. The van der Waals surface area contributed by atoms with Crippen molar-refractivity contribution in [3.63, 3.8) is 0 Å². The fraction of sp³-hybridized carbons (Fsp3) is 0.333. The summed E-state index contributed by atoms with van der Waals surface area (Å²) in [5, 5.41) is 0. The van der Waals surface area contributed by atoms with Crippen molar-refractivity contribution in [2.75, 3.05) is 0 Å². The molecule has 0 unspecified atom stereocenters. The number of aromatic nitrogens is 1. The Balaban J connectivity index is 2.88. The number of aryl methyl sites for hydroxylation is 1. The van der Waals surface area contributed by atoms with Crippen LogP contribution in [0.25, 0.3) is 0 Å². The van der Waals surface area contributed by atoms with E-state index in [4.69, 9.17) is 5.73 Å². The fourth-order valence-electron chi connectivity index (χ4n) is 1.07. The van der Waals surface area contributed by atoms with E-state index in [2.05, 4.69) is 6.92 Å². The van der Waals surface area contributed by atoms with Crippen LogP contribution in [-0.2, 0) is 6.54 Å². The maximum Gasteiger partial charge on any atom is 0.254 e. The van der Waals surface area contributed by atoms with Gasteiger partial charge in [0.25, 0.3) is 5.91 Å². The van der Waals surface area contributed by atoms with Crippen LogP contribution in [0.4, 0.5) is 0 Å². The summed E-state index contributed by atoms with van der Waals surface area (Å²) in [6.07, 6.45) is 4.74. The van der Waals surface area contributed by atoms with Gasteiger partial charge >= 0.3 is 0 Å². The Morgan fingerprint density at radius 2 is 2.42 bits per heavy atom. The molecule has 0 radical (unpaired) electrons. The minimum atomic E-state index is -0.375. The van der Waals surface area contributed by atoms with Crippen molar-refractivity contribution in [1.29, 1.82) is 0 Å². The van der Waals surface area contributed by atoms with E-state index in [1.807, 2.05) is 16.8 Å². The van der Waals surface area contributed by atoms with Gasteiger partial charge in [0.05, 0.1) is 0 Å². The third kappa shape index (κ3) is 2.05. The van der Waals surface area contributed by atoms with E-state index < -0.39 is 0 Å². The van der Waals surface area contributed by atoms with Crippen molar-refractivity contribution in [3.05, 3.63) is 30.1 Å². The van der Waals surface area contributed by atoms with Crippen LogP contribution in [0, 0.1) is 0 Å². The number of nitrogens with zero attached hydrogens (tertiary/aromatic N) is 1. The zero-order valence-electron chi connectivity index (χ0n) is 7.16. The second kappa shape index (κ2) is 3.85. The van der Waals surface area contributed by atoms with Gasteiger partial charge in [-0.25, -0.2) is 4.57 Å². The van der Waals surface area contributed by atoms with Crippen molar-refractivity contribution in [1.82, 2.24) is 0 Å². The number of carbonyl (C=O) groups is 1. The lowest BCUT2D eigenvalue weighted by Gasteiger charge is -1.94. The number of rotatable bonds is 3. The summed E-state index contributed by atoms with van der Waals surface area (Å²) in [5.74, 6) is -0.375. The minimum absolute atomic E-state index is 0.375. The van der Waals surface area contributed by atoms with E-state index in [-0.39, 0.29) is 5.91 Å². The Hall–Kier alpha value is -1.38. The molecule has 1 rings (SSSR count). The maximum atomic E-state index is 10.8. The Kier molecular flexibility index (Phi) is 2.80. The van der Waals surface area contributed by atoms with E-state index in [9.17, 15) is 4.79 Å². The van der Waals surface area contributed by atoms with Crippen LogP contribution < -0.4 is 10.3 Å². The van der Waals surface area contributed by atoms with Crippen molar-refractivity contribution >= 4 is 5.91 Å². The topological polar surface area (TPSA) is 47.0 Å². The average Bonchev–Trinajstić information content (AvgIpc) is 2.05. The first-order valence-electron chi connectivity index (χ1n) is 4.03. The Labute approximate surface area is 71.8 Å². The van der Waals surface area contributed by atoms with Crippen LogP contribution in [0.1, 0.15) is 23.7 Å². The van der Waals surface area contributed by atoms with Crippen LogP contribution in [0.5, 0.6) is 0 Å². The molecule has 0 bridgehead atoms. The Bertz CT molecular complexity index is 284. The van der Waals surface area contributed by atoms with E-state index in [0.29, 0.717) is 5.56 Å². The standard InChI is InChI=1S/C9H12N2O/c1-2-5-11-6-3-4-8(7-11)9(10)12/h3-4,6-7H,2,5H2,1H3,(H-,10,12)/p+1. The predicted octanol–water partition coefficient (Wildman–Crippen LogP) is 0.483. The molecule has 1 heterocycles. The minimum Gasteiger partial charge on any atom is -0.365 e. The molecule has 1 aromatic rings. The lowest BCUT2D eigenvalue weighted by molar-refractivity contribution is -0.697. The zero-order chi connectivity index (χ0) is 8.97. The normalized spacial score (nSPS) is 9.75. The molecule has 0 aliphatic rings. The van der Waals surface area contributed by atoms with Gasteiger partial charge in [-0.2, -0.15) is 0 Å². The molecule has 1 amide bonds. The fourth-order valence-corrected chi connectivity index (χ4v) is 1.07. The monoisotopic (exact) mass is 165 g/mol. The van der Waals surface area contributed by atoms with Crippen LogP contribution in [0.15, 0.2) is 24.5 Å². The molecule has 0 aliphatic heterocycles. The number of amides is 1. The van der Waals surface area contributed by atoms with Gasteiger partial charge in [0, 0.05) is 12.5 Å². The van der Waals surface area contributed by atoms with Crippen molar-refractivity contribution < 1.29 is 9.36 Å². The maximum absolute atomic E-state index is 10.8. The van der Waals surface area contributed by atoms with Crippen LogP contribution in [0.2, 0.25) is 0 Å². The van der Waals surface area contributed by atoms with Gasteiger partial charge in [0.15, 0.2) is 12.4 Å². The summed E-state index contributed by atoms with van der Waals surface area (Å²) in [6.45, 7) is 3.01. The SMILES string of the molecule is CCC[n+]1cccc(C(N)=O)c1. The highest BCUT2D eigenvalue weighted by Gasteiger charge is 2.05. The molecule has 0 saturated carbocycles.